The maximum absolute atomic E-state index is 12.5. The predicted molar refractivity (Wildman–Crippen MR) is 398 cm³/mol. The number of aliphatic hydroxyl groups excluding tert-OH is 2. The predicted octanol–water partition coefficient (Wildman–Crippen LogP) is 26.9. The summed E-state index contributed by atoms with van der Waals surface area (Å²) >= 11 is 0. The van der Waals surface area contributed by atoms with Gasteiger partial charge in [0.25, 0.3) is 0 Å². The van der Waals surface area contributed by atoms with E-state index in [4.69, 9.17) is 4.74 Å². The maximum Gasteiger partial charge on any atom is 0.305 e. The van der Waals surface area contributed by atoms with Crippen LogP contribution in [0.25, 0.3) is 0 Å². The molecule has 3 N–H and O–H groups in total. The molecule has 0 spiro atoms. The Morgan fingerprint density at radius 3 is 0.878 bits per heavy atom. The van der Waals surface area contributed by atoms with Crippen LogP contribution in [0.15, 0.2) is 60.8 Å². The molecule has 90 heavy (non-hydrogen) atoms. The zero-order chi connectivity index (χ0) is 64.9. The van der Waals surface area contributed by atoms with Crippen LogP contribution >= 0.6 is 0 Å². The lowest BCUT2D eigenvalue weighted by Gasteiger charge is -2.20. The Balaban J connectivity index is 3.39. The molecular formula is C84H157NO5. The second-order valence-corrected chi connectivity index (χ2v) is 27.7. The van der Waals surface area contributed by atoms with E-state index in [0.717, 1.165) is 57.8 Å². The van der Waals surface area contributed by atoms with E-state index in [-0.39, 0.29) is 18.5 Å². The molecule has 0 aliphatic carbocycles. The van der Waals surface area contributed by atoms with Crippen LogP contribution in [0.4, 0.5) is 0 Å². The van der Waals surface area contributed by atoms with Gasteiger partial charge in [0.1, 0.15) is 0 Å². The van der Waals surface area contributed by atoms with Crippen molar-refractivity contribution >= 4 is 11.9 Å². The zero-order valence-corrected chi connectivity index (χ0v) is 60.6. The third kappa shape index (κ3) is 74.6. The number of allylic oxidation sites excluding steroid dienone is 9. The quantitative estimate of drug-likeness (QED) is 0.0320. The average Bonchev–Trinajstić information content (AvgIpc) is 3.68. The zero-order valence-electron chi connectivity index (χ0n) is 60.6. The highest BCUT2D eigenvalue weighted by Gasteiger charge is 2.18. The second-order valence-electron chi connectivity index (χ2n) is 27.7. The first kappa shape index (κ1) is 87.6. The lowest BCUT2D eigenvalue weighted by atomic mass is 10.0. The van der Waals surface area contributed by atoms with Gasteiger partial charge in [-0.15, -0.1) is 0 Å². The van der Waals surface area contributed by atoms with Crippen molar-refractivity contribution in [2.45, 2.75) is 450 Å². The summed E-state index contributed by atoms with van der Waals surface area (Å²) in [4.78, 5) is 24.6. The molecule has 0 radical (unpaired) electrons. The van der Waals surface area contributed by atoms with E-state index in [2.05, 4.69) is 67.8 Å². The van der Waals surface area contributed by atoms with Gasteiger partial charge in [0.05, 0.1) is 25.4 Å². The van der Waals surface area contributed by atoms with Crippen LogP contribution in [0.1, 0.15) is 438 Å². The summed E-state index contributed by atoms with van der Waals surface area (Å²) in [5, 5.41) is 23.3. The van der Waals surface area contributed by atoms with Crippen LogP contribution in [-0.2, 0) is 14.3 Å². The number of hydrogen-bond acceptors (Lipinski definition) is 5. The van der Waals surface area contributed by atoms with Crippen LogP contribution in [0.3, 0.4) is 0 Å². The minimum Gasteiger partial charge on any atom is -0.466 e. The van der Waals surface area contributed by atoms with Crippen molar-refractivity contribution in [1.29, 1.82) is 0 Å². The Kier molecular flexibility index (Phi) is 76.9. The Bertz CT molecular complexity index is 1550. The van der Waals surface area contributed by atoms with Crippen molar-refractivity contribution in [1.82, 2.24) is 5.32 Å². The van der Waals surface area contributed by atoms with Crippen LogP contribution in [0.5, 0.6) is 0 Å². The largest absolute Gasteiger partial charge is 0.466 e. The van der Waals surface area contributed by atoms with E-state index in [1.807, 2.05) is 6.08 Å². The molecule has 528 valence electrons. The lowest BCUT2D eigenvalue weighted by Crippen LogP contribution is -2.45. The molecule has 0 saturated heterocycles. The summed E-state index contributed by atoms with van der Waals surface area (Å²) < 4.78 is 5.49. The number of hydrogen-bond donors (Lipinski definition) is 3. The summed E-state index contributed by atoms with van der Waals surface area (Å²) in [6.45, 7) is 4.90. The highest BCUT2D eigenvalue weighted by molar-refractivity contribution is 5.76. The van der Waals surface area contributed by atoms with Crippen LogP contribution < -0.4 is 5.32 Å². The van der Waals surface area contributed by atoms with E-state index >= 15 is 0 Å². The fourth-order valence-corrected chi connectivity index (χ4v) is 12.6. The summed E-state index contributed by atoms with van der Waals surface area (Å²) in [7, 11) is 0. The van der Waals surface area contributed by atoms with Crippen LogP contribution in [0, 0.1) is 0 Å². The maximum atomic E-state index is 12.5. The number of unbranched alkanes of at least 4 members (excludes halogenated alkanes) is 57. The summed E-state index contributed by atoms with van der Waals surface area (Å²) in [6.07, 6.45) is 106. The van der Waals surface area contributed by atoms with Crippen molar-refractivity contribution in [3.63, 3.8) is 0 Å². The number of carbonyl (C=O) groups is 2. The first-order valence-electron chi connectivity index (χ1n) is 40.6. The van der Waals surface area contributed by atoms with Crippen molar-refractivity contribution in [2.24, 2.45) is 0 Å². The number of rotatable bonds is 76. The minimum absolute atomic E-state index is 0.00403. The SMILES string of the molecule is CCCC/C=C\C/C=C\CCCCCCCC(=O)OCCCCCCCCCCCCCCC/C=C\C/C=C\CCCCCCCCCCCCCCCCCCCC(=O)NC(CO)C(O)/C=C/CCCCCCCCCCCCCCCCCCCCCC. The topological polar surface area (TPSA) is 95.9 Å². The molecule has 0 rings (SSSR count). The molecule has 0 heterocycles. The van der Waals surface area contributed by atoms with Gasteiger partial charge in [0, 0.05) is 12.8 Å². The Morgan fingerprint density at radius 1 is 0.311 bits per heavy atom. The highest BCUT2D eigenvalue weighted by Crippen LogP contribution is 2.19. The van der Waals surface area contributed by atoms with Gasteiger partial charge in [-0.3, -0.25) is 9.59 Å². The molecule has 1 amide bonds. The third-order valence-electron chi connectivity index (χ3n) is 18.8. The van der Waals surface area contributed by atoms with Crippen LogP contribution in [0.2, 0.25) is 0 Å². The van der Waals surface area contributed by atoms with Gasteiger partial charge in [0.15, 0.2) is 0 Å². The van der Waals surface area contributed by atoms with Crippen molar-refractivity contribution in [3.8, 4) is 0 Å². The first-order valence-corrected chi connectivity index (χ1v) is 40.6. The lowest BCUT2D eigenvalue weighted by molar-refractivity contribution is -0.143. The Hall–Kier alpha value is -2.44. The fraction of sp³-hybridized carbons (Fsp3) is 0.857. The molecule has 6 nitrogen and oxygen atoms in total. The molecule has 0 fully saturated rings. The molecule has 0 aliphatic rings. The molecule has 2 unspecified atom stereocenters. The number of esters is 1. The monoisotopic (exact) mass is 1260 g/mol. The summed E-state index contributed by atoms with van der Waals surface area (Å²) in [5.74, 6) is -0.0571. The third-order valence-corrected chi connectivity index (χ3v) is 18.8. The number of aliphatic hydroxyl groups is 2. The first-order chi connectivity index (χ1) is 44.5. The fourth-order valence-electron chi connectivity index (χ4n) is 12.6. The van der Waals surface area contributed by atoms with Gasteiger partial charge < -0.3 is 20.3 Å². The summed E-state index contributed by atoms with van der Waals surface area (Å²) in [6, 6.07) is -0.628. The van der Waals surface area contributed by atoms with Crippen molar-refractivity contribution in [3.05, 3.63) is 60.8 Å². The van der Waals surface area contributed by atoms with Gasteiger partial charge in [-0.25, -0.2) is 0 Å². The van der Waals surface area contributed by atoms with E-state index in [1.165, 1.54) is 353 Å². The molecule has 0 bridgehead atoms. The van der Waals surface area contributed by atoms with E-state index in [9.17, 15) is 19.8 Å². The van der Waals surface area contributed by atoms with Crippen molar-refractivity contribution in [2.75, 3.05) is 13.2 Å². The molecule has 2 atom stereocenters. The van der Waals surface area contributed by atoms with Gasteiger partial charge in [-0.2, -0.15) is 0 Å². The molecule has 6 heteroatoms. The second kappa shape index (κ2) is 79.0. The normalized spacial score (nSPS) is 12.8. The Morgan fingerprint density at radius 2 is 0.567 bits per heavy atom. The number of amides is 1. The van der Waals surface area contributed by atoms with Crippen molar-refractivity contribution < 1.29 is 24.5 Å². The smallest absolute Gasteiger partial charge is 0.305 e. The number of carbonyl (C=O) groups excluding carboxylic acids is 2. The minimum atomic E-state index is -0.845. The van der Waals surface area contributed by atoms with Crippen LogP contribution in [-0.4, -0.2) is 47.4 Å². The Labute approximate surface area is 562 Å². The van der Waals surface area contributed by atoms with Gasteiger partial charge in [0.2, 0.25) is 5.91 Å². The molecule has 0 saturated carbocycles. The van der Waals surface area contributed by atoms with Gasteiger partial charge in [-0.1, -0.05) is 396 Å². The summed E-state index contributed by atoms with van der Waals surface area (Å²) in [5.41, 5.74) is 0. The molecule has 0 aromatic rings. The molecular weight excluding hydrogens is 1100 g/mol. The van der Waals surface area contributed by atoms with E-state index < -0.39 is 12.1 Å². The number of ether oxygens (including phenoxy) is 1. The van der Waals surface area contributed by atoms with E-state index in [1.54, 1.807) is 6.08 Å². The highest BCUT2D eigenvalue weighted by atomic mass is 16.5. The van der Waals surface area contributed by atoms with Gasteiger partial charge in [-0.05, 0) is 89.9 Å². The number of nitrogens with one attached hydrogen (secondary N) is 1. The molecule has 0 aliphatic heterocycles. The standard InChI is InChI=1S/C84H157NO5/c1-3-5-7-9-11-13-15-17-19-20-21-22-40-43-46-49-52-56-60-64-68-72-76-82(87)81(80-86)85-83(88)77-73-69-65-61-57-53-50-47-44-41-38-36-34-32-30-28-26-24-23-25-27-29-31-33-35-37-39-42-45-48-51-55-59-63-67-71-75-79-90-84(89)78-74-70-66-62-58-54-18-16-14-12-10-8-6-4-2/h10,12,16,18,23,25,29,31,72,76,81-82,86-87H,3-9,11,13-15,17,19-22,24,26-28,30,32-71,73-75,77-80H2,1-2H3,(H,85,88)/b12-10-,18-16-,25-23-,31-29-,76-72+. The van der Waals surface area contributed by atoms with E-state index in [0.29, 0.717) is 19.4 Å². The molecule has 0 aromatic heterocycles. The molecule has 0 aromatic carbocycles. The van der Waals surface area contributed by atoms with Gasteiger partial charge >= 0.3 is 5.97 Å². The average molecular weight is 1260 g/mol.